The monoisotopic (exact) mass is 484 g/mol. The lowest BCUT2D eigenvalue weighted by Crippen LogP contribution is -2.54. The summed E-state index contributed by atoms with van der Waals surface area (Å²) in [6.45, 7) is 2.70. The number of hydrogen-bond donors (Lipinski definition) is 2. The number of carbonyl (C=O) groups is 2. The standard InChI is InChI=1S/C23H34F2N4O5/c1-14(15-9-16(28-21(10-15)32-2)5-4-8-26-23(31)33-3)29(18-6-7-18)22(30)19-12-27-17(13-34-19)11-20(24)25/h9-10,14,17-20,27H,4-8,11-13H2,1-3H3,(H,26,31)/t14-,17+,19-/m1/s1. The Labute approximate surface area is 198 Å². The summed E-state index contributed by atoms with van der Waals surface area (Å²) in [6, 6.07) is 3.20. The fourth-order valence-electron chi connectivity index (χ4n) is 4.10. The third-order valence-corrected chi connectivity index (χ3v) is 6.07. The highest BCUT2D eigenvalue weighted by Gasteiger charge is 2.41. The normalized spacial score (nSPS) is 21.1. The molecule has 1 aliphatic heterocycles. The van der Waals surface area contributed by atoms with E-state index in [9.17, 15) is 18.4 Å². The molecule has 11 heteroatoms. The molecule has 0 aromatic carbocycles. The first-order chi connectivity index (χ1) is 16.3. The van der Waals surface area contributed by atoms with E-state index in [2.05, 4.69) is 20.4 Å². The van der Waals surface area contributed by atoms with Gasteiger partial charge in [0, 0.05) is 43.4 Å². The maximum Gasteiger partial charge on any atom is 0.406 e. The molecule has 34 heavy (non-hydrogen) atoms. The zero-order valence-corrected chi connectivity index (χ0v) is 19.9. The average molecular weight is 485 g/mol. The molecule has 2 fully saturated rings. The fourth-order valence-corrected chi connectivity index (χ4v) is 4.10. The summed E-state index contributed by atoms with van der Waals surface area (Å²) in [5, 5.41) is 5.66. The van der Waals surface area contributed by atoms with Gasteiger partial charge in [0.15, 0.2) is 0 Å². The van der Waals surface area contributed by atoms with Crippen molar-refractivity contribution in [2.75, 3.05) is 33.9 Å². The van der Waals surface area contributed by atoms with Crippen molar-refractivity contribution >= 4 is 12.0 Å². The molecule has 1 saturated heterocycles. The van der Waals surface area contributed by atoms with Gasteiger partial charge in [-0.3, -0.25) is 4.79 Å². The van der Waals surface area contributed by atoms with Gasteiger partial charge in [0.25, 0.3) is 5.91 Å². The molecule has 1 aromatic heterocycles. The quantitative estimate of drug-likeness (QED) is 0.465. The first-order valence-electron chi connectivity index (χ1n) is 11.6. The summed E-state index contributed by atoms with van der Waals surface area (Å²) in [4.78, 5) is 30.9. The molecule has 3 rings (SSSR count). The topological polar surface area (TPSA) is 102 Å². The smallest absolute Gasteiger partial charge is 0.406 e. The average Bonchev–Trinajstić information content (AvgIpc) is 3.66. The third kappa shape index (κ3) is 7.23. The first kappa shape index (κ1) is 26.1. The molecule has 2 amide bonds. The minimum atomic E-state index is -2.41. The van der Waals surface area contributed by atoms with Gasteiger partial charge in [0.05, 0.1) is 26.9 Å². The van der Waals surface area contributed by atoms with E-state index in [0.29, 0.717) is 25.3 Å². The molecule has 2 N–H and O–H groups in total. The van der Waals surface area contributed by atoms with E-state index in [-0.39, 0.29) is 37.6 Å². The predicted octanol–water partition coefficient (Wildman–Crippen LogP) is 2.44. The highest BCUT2D eigenvalue weighted by molar-refractivity contribution is 5.82. The maximum atomic E-state index is 13.4. The number of nitrogens with one attached hydrogen (secondary N) is 2. The molecule has 2 aliphatic rings. The van der Waals surface area contributed by atoms with E-state index in [1.807, 2.05) is 24.0 Å². The van der Waals surface area contributed by atoms with E-state index in [4.69, 9.17) is 9.47 Å². The van der Waals surface area contributed by atoms with E-state index < -0.39 is 24.7 Å². The van der Waals surface area contributed by atoms with E-state index in [1.165, 1.54) is 7.11 Å². The summed E-state index contributed by atoms with van der Waals surface area (Å²) < 4.78 is 40.9. The Kier molecular flexibility index (Phi) is 9.40. The van der Waals surface area contributed by atoms with Crippen LogP contribution >= 0.6 is 0 Å². The maximum absolute atomic E-state index is 13.4. The zero-order valence-electron chi connectivity index (χ0n) is 19.9. The van der Waals surface area contributed by atoms with Gasteiger partial charge in [-0.15, -0.1) is 0 Å². The van der Waals surface area contributed by atoms with Crippen LogP contribution in [-0.4, -0.2) is 80.4 Å². The van der Waals surface area contributed by atoms with Gasteiger partial charge >= 0.3 is 6.09 Å². The zero-order chi connectivity index (χ0) is 24.7. The number of halogens is 2. The van der Waals surface area contributed by atoms with Crippen LogP contribution in [0.5, 0.6) is 5.88 Å². The van der Waals surface area contributed by atoms with Crippen molar-refractivity contribution in [2.45, 2.75) is 69.7 Å². The predicted molar refractivity (Wildman–Crippen MR) is 120 cm³/mol. The minimum absolute atomic E-state index is 0.0838. The number of alkyl halides is 2. The Morgan fingerprint density at radius 1 is 1.32 bits per heavy atom. The molecule has 0 radical (unpaired) electrons. The Morgan fingerprint density at radius 2 is 2.09 bits per heavy atom. The molecule has 1 saturated carbocycles. The highest BCUT2D eigenvalue weighted by Crippen LogP contribution is 2.36. The molecule has 0 unspecified atom stereocenters. The van der Waals surface area contributed by atoms with E-state index >= 15 is 0 Å². The van der Waals surface area contributed by atoms with Gasteiger partial charge < -0.3 is 29.7 Å². The third-order valence-electron chi connectivity index (χ3n) is 6.07. The Bertz CT molecular complexity index is 832. The number of amides is 2. The lowest BCUT2D eigenvalue weighted by molar-refractivity contribution is -0.150. The molecule has 1 aromatic rings. The lowest BCUT2D eigenvalue weighted by atomic mass is 10.0. The molecule has 0 spiro atoms. The Hall–Kier alpha value is -2.53. The fraction of sp³-hybridized carbons (Fsp3) is 0.696. The number of aryl methyl sites for hydroxylation is 1. The van der Waals surface area contributed by atoms with Crippen LogP contribution in [0.15, 0.2) is 12.1 Å². The van der Waals surface area contributed by atoms with E-state index in [0.717, 1.165) is 24.1 Å². The second-order valence-electron chi connectivity index (χ2n) is 8.66. The van der Waals surface area contributed by atoms with Crippen LogP contribution < -0.4 is 15.4 Å². The van der Waals surface area contributed by atoms with Crippen molar-refractivity contribution in [3.8, 4) is 5.88 Å². The number of ether oxygens (including phenoxy) is 3. The van der Waals surface area contributed by atoms with Crippen LogP contribution in [0, 0.1) is 0 Å². The number of pyridine rings is 1. The molecule has 3 atom stereocenters. The molecule has 0 bridgehead atoms. The van der Waals surface area contributed by atoms with Crippen LogP contribution in [-0.2, 0) is 20.7 Å². The molecular formula is C23H34F2N4O5. The molecular weight excluding hydrogens is 450 g/mol. The van der Waals surface area contributed by atoms with Gasteiger partial charge in [-0.25, -0.2) is 18.6 Å². The van der Waals surface area contributed by atoms with Crippen LogP contribution in [0.1, 0.15) is 49.9 Å². The Balaban J connectivity index is 1.67. The lowest BCUT2D eigenvalue weighted by Gasteiger charge is -2.36. The molecule has 190 valence electrons. The van der Waals surface area contributed by atoms with Gasteiger partial charge in [0.2, 0.25) is 12.3 Å². The number of aromatic nitrogens is 1. The number of nitrogens with zero attached hydrogens (tertiary/aromatic N) is 2. The van der Waals surface area contributed by atoms with Crippen molar-refractivity contribution < 1.29 is 32.6 Å². The van der Waals surface area contributed by atoms with Crippen molar-refractivity contribution in [2.24, 2.45) is 0 Å². The second-order valence-corrected chi connectivity index (χ2v) is 8.66. The number of hydrogen-bond acceptors (Lipinski definition) is 7. The van der Waals surface area contributed by atoms with Gasteiger partial charge in [-0.1, -0.05) is 0 Å². The number of alkyl carbamates (subject to hydrolysis) is 1. The molecule has 9 nitrogen and oxygen atoms in total. The van der Waals surface area contributed by atoms with Crippen LogP contribution in [0.3, 0.4) is 0 Å². The number of morpholine rings is 1. The van der Waals surface area contributed by atoms with Crippen molar-refractivity contribution in [1.29, 1.82) is 0 Å². The first-order valence-corrected chi connectivity index (χ1v) is 11.6. The summed E-state index contributed by atoms with van der Waals surface area (Å²) in [5.74, 6) is 0.312. The summed E-state index contributed by atoms with van der Waals surface area (Å²) >= 11 is 0. The largest absolute Gasteiger partial charge is 0.481 e. The van der Waals surface area contributed by atoms with E-state index in [1.54, 1.807) is 7.11 Å². The van der Waals surface area contributed by atoms with Gasteiger partial charge in [-0.2, -0.15) is 0 Å². The molecule has 1 aliphatic carbocycles. The van der Waals surface area contributed by atoms with Crippen LogP contribution in [0.2, 0.25) is 0 Å². The van der Waals surface area contributed by atoms with Crippen molar-refractivity contribution in [3.63, 3.8) is 0 Å². The van der Waals surface area contributed by atoms with Gasteiger partial charge in [-0.05, 0) is 44.2 Å². The summed E-state index contributed by atoms with van der Waals surface area (Å²) in [5.41, 5.74) is 1.68. The Morgan fingerprint density at radius 3 is 2.68 bits per heavy atom. The number of methoxy groups -OCH3 is 2. The van der Waals surface area contributed by atoms with Crippen molar-refractivity contribution in [3.05, 3.63) is 23.4 Å². The van der Waals surface area contributed by atoms with Crippen LogP contribution in [0.25, 0.3) is 0 Å². The van der Waals surface area contributed by atoms with Crippen molar-refractivity contribution in [1.82, 2.24) is 20.5 Å². The molecule has 2 heterocycles. The summed E-state index contributed by atoms with van der Waals surface area (Å²) in [6.07, 6.45) is -0.788. The SMILES string of the molecule is COC(=O)NCCCc1cc([C@@H](C)N(C(=O)[C@H]2CN[C@@H](CC(F)F)CO2)C2CC2)cc(OC)n1. The number of rotatable bonds is 11. The second kappa shape index (κ2) is 12.3. The minimum Gasteiger partial charge on any atom is -0.481 e. The highest BCUT2D eigenvalue weighted by atomic mass is 19.3. The van der Waals surface area contributed by atoms with Crippen LogP contribution in [0.4, 0.5) is 13.6 Å². The number of carbonyl (C=O) groups excluding carboxylic acids is 2. The van der Waals surface area contributed by atoms with Gasteiger partial charge in [0.1, 0.15) is 6.10 Å². The summed E-state index contributed by atoms with van der Waals surface area (Å²) in [7, 11) is 2.86.